The van der Waals surface area contributed by atoms with Crippen molar-refractivity contribution in [1.29, 1.82) is 0 Å². The van der Waals surface area contributed by atoms with Crippen molar-refractivity contribution in [3.63, 3.8) is 0 Å². The third-order valence-electron chi connectivity index (χ3n) is 4.49. The number of fused-ring (bicyclic) bond motifs is 1. The Bertz CT molecular complexity index is 560. The number of carboxylic acid groups (broad SMARTS) is 1. The lowest BCUT2D eigenvalue weighted by Gasteiger charge is -2.19. The minimum absolute atomic E-state index is 0.00465. The van der Waals surface area contributed by atoms with Gasteiger partial charge in [0.1, 0.15) is 5.69 Å². The highest BCUT2D eigenvalue weighted by molar-refractivity contribution is 5.90. The molecule has 1 aromatic carbocycles. The highest BCUT2D eigenvalue weighted by Crippen LogP contribution is 2.42. The van der Waals surface area contributed by atoms with Gasteiger partial charge in [-0.25, -0.2) is 4.79 Å². The van der Waals surface area contributed by atoms with Crippen molar-refractivity contribution in [1.82, 2.24) is 0 Å². The molecule has 0 spiro atoms. The van der Waals surface area contributed by atoms with Crippen LogP contribution in [-0.4, -0.2) is 29.1 Å². The number of nitro benzene ring substituents is 1. The van der Waals surface area contributed by atoms with Gasteiger partial charge in [0.15, 0.2) is 0 Å². The van der Waals surface area contributed by atoms with Gasteiger partial charge in [-0.05, 0) is 36.8 Å². The summed E-state index contributed by atoms with van der Waals surface area (Å²) in [6.07, 6.45) is 3.58. The molecule has 2 atom stereocenters. The average Bonchev–Trinajstić information content (AvgIpc) is 2.98. The molecule has 2 fully saturated rings. The van der Waals surface area contributed by atoms with Crippen molar-refractivity contribution in [2.45, 2.75) is 19.3 Å². The monoisotopic (exact) mass is 276 g/mol. The molecular weight excluding hydrogens is 260 g/mol. The lowest BCUT2D eigenvalue weighted by molar-refractivity contribution is -0.384. The molecule has 1 saturated carbocycles. The smallest absolute Gasteiger partial charge is 0.335 e. The summed E-state index contributed by atoms with van der Waals surface area (Å²) < 4.78 is 0. The first kappa shape index (κ1) is 12.9. The summed E-state index contributed by atoms with van der Waals surface area (Å²) in [5.41, 5.74) is 0.543. The zero-order valence-corrected chi connectivity index (χ0v) is 11.0. The van der Waals surface area contributed by atoms with E-state index in [-0.39, 0.29) is 11.3 Å². The zero-order chi connectivity index (χ0) is 14.3. The van der Waals surface area contributed by atoms with Crippen LogP contribution in [-0.2, 0) is 0 Å². The van der Waals surface area contributed by atoms with E-state index in [4.69, 9.17) is 5.11 Å². The Morgan fingerprint density at radius 2 is 1.95 bits per heavy atom. The fourth-order valence-electron chi connectivity index (χ4n) is 3.50. The lowest BCUT2D eigenvalue weighted by atomic mass is 10.0. The number of nitrogens with zero attached hydrogens (tertiary/aromatic N) is 2. The van der Waals surface area contributed by atoms with E-state index < -0.39 is 10.9 Å². The SMILES string of the molecule is O=C(O)c1ccc([N+](=O)[O-])c(N2CC3CCCC3C2)c1. The van der Waals surface area contributed by atoms with Crippen LogP contribution in [0.2, 0.25) is 0 Å². The molecule has 1 aliphatic heterocycles. The van der Waals surface area contributed by atoms with Gasteiger partial charge in [0, 0.05) is 19.2 Å². The van der Waals surface area contributed by atoms with E-state index in [1.807, 2.05) is 4.90 Å². The molecule has 0 amide bonds. The fraction of sp³-hybridized carbons (Fsp3) is 0.500. The molecule has 6 heteroatoms. The van der Waals surface area contributed by atoms with E-state index >= 15 is 0 Å². The minimum atomic E-state index is -1.06. The van der Waals surface area contributed by atoms with Crippen LogP contribution in [0.15, 0.2) is 18.2 Å². The van der Waals surface area contributed by atoms with E-state index in [1.54, 1.807) is 0 Å². The molecule has 3 rings (SSSR count). The molecule has 2 unspecified atom stereocenters. The summed E-state index contributed by atoms with van der Waals surface area (Å²) in [6.45, 7) is 1.60. The van der Waals surface area contributed by atoms with Crippen molar-refractivity contribution < 1.29 is 14.8 Å². The van der Waals surface area contributed by atoms with Crippen LogP contribution in [0.4, 0.5) is 11.4 Å². The molecule has 1 aromatic rings. The molecule has 6 nitrogen and oxygen atoms in total. The molecule has 1 saturated heterocycles. The van der Waals surface area contributed by atoms with Gasteiger partial charge in [-0.1, -0.05) is 6.42 Å². The number of aromatic carboxylic acids is 1. The maximum absolute atomic E-state index is 11.1. The summed E-state index contributed by atoms with van der Waals surface area (Å²) >= 11 is 0. The summed E-state index contributed by atoms with van der Waals surface area (Å²) in [5, 5.41) is 20.2. The van der Waals surface area contributed by atoms with Crippen molar-refractivity contribution in [2.75, 3.05) is 18.0 Å². The molecule has 0 radical (unpaired) electrons. The van der Waals surface area contributed by atoms with Crippen molar-refractivity contribution >= 4 is 17.3 Å². The number of carboxylic acids is 1. The van der Waals surface area contributed by atoms with E-state index in [2.05, 4.69) is 0 Å². The maximum atomic E-state index is 11.1. The van der Waals surface area contributed by atoms with Crippen LogP contribution in [0.5, 0.6) is 0 Å². The second-order valence-corrected chi connectivity index (χ2v) is 5.62. The molecular formula is C14H16N2O4. The number of rotatable bonds is 3. The number of hydrogen-bond acceptors (Lipinski definition) is 4. The predicted molar refractivity (Wildman–Crippen MR) is 73.1 cm³/mol. The van der Waals surface area contributed by atoms with Gasteiger partial charge in [0.05, 0.1) is 10.5 Å². The van der Waals surface area contributed by atoms with Crippen LogP contribution in [0, 0.1) is 22.0 Å². The largest absolute Gasteiger partial charge is 0.478 e. The third kappa shape index (κ3) is 2.11. The zero-order valence-electron chi connectivity index (χ0n) is 11.0. The van der Waals surface area contributed by atoms with Crippen molar-refractivity contribution in [3.8, 4) is 0 Å². The Morgan fingerprint density at radius 3 is 2.50 bits per heavy atom. The quantitative estimate of drug-likeness (QED) is 0.677. The molecule has 0 bridgehead atoms. The summed E-state index contributed by atoms with van der Waals surface area (Å²) in [5.74, 6) is 0.145. The van der Waals surface area contributed by atoms with Gasteiger partial charge in [-0.15, -0.1) is 0 Å². The van der Waals surface area contributed by atoms with Gasteiger partial charge in [-0.2, -0.15) is 0 Å². The summed E-state index contributed by atoms with van der Waals surface area (Å²) in [7, 11) is 0. The Morgan fingerprint density at radius 1 is 1.30 bits per heavy atom. The predicted octanol–water partition coefficient (Wildman–Crippen LogP) is 2.53. The minimum Gasteiger partial charge on any atom is -0.478 e. The molecule has 20 heavy (non-hydrogen) atoms. The van der Waals surface area contributed by atoms with E-state index in [9.17, 15) is 14.9 Å². The summed E-state index contributed by atoms with van der Waals surface area (Å²) in [4.78, 5) is 23.7. The first-order valence-corrected chi connectivity index (χ1v) is 6.83. The highest BCUT2D eigenvalue weighted by Gasteiger charge is 2.38. The standard InChI is InChI=1S/C14H16N2O4/c17-14(18)9-4-5-12(16(19)20)13(6-9)15-7-10-2-1-3-11(10)8-15/h4-6,10-11H,1-3,7-8H2,(H,17,18). The number of carbonyl (C=O) groups is 1. The Balaban J connectivity index is 1.96. The normalized spacial score (nSPS) is 24.7. The van der Waals surface area contributed by atoms with Gasteiger partial charge >= 0.3 is 5.97 Å². The second kappa shape index (κ2) is 4.77. The molecule has 0 aromatic heterocycles. The first-order chi connectivity index (χ1) is 9.56. The van der Waals surface area contributed by atoms with Gasteiger partial charge in [0.25, 0.3) is 5.69 Å². The van der Waals surface area contributed by atoms with Crippen LogP contribution >= 0.6 is 0 Å². The molecule has 1 aliphatic carbocycles. The summed E-state index contributed by atoms with van der Waals surface area (Å²) in [6, 6.07) is 4.02. The second-order valence-electron chi connectivity index (χ2n) is 5.62. The number of nitro groups is 1. The molecule has 2 aliphatic rings. The van der Waals surface area contributed by atoms with Crippen molar-refractivity contribution in [2.24, 2.45) is 11.8 Å². The Labute approximate surface area is 116 Å². The van der Waals surface area contributed by atoms with Crippen LogP contribution in [0.3, 0.4) is 0 Å². The number of hydrogen-bond donors (Lipinski definition) is 1. The van der Waals surface area contributed by atoms with Crippen LogP contribution < -0.4 is 4.90 Å². The van der Waals surface area contributed by atoms with Gasteiger partial charge in [-0.3, -0.25) is 10.1 Å². The van der Waals surface area contributed by atoms with Crippen LogP contribution in [0.25, 0.3) is 0 Å². The van der Waals surface area contributed by atoms with E-state index in [0.29, 0.717) is 17.5 Å². The first-order valence-electron chi connectivity index (χ1n) is 6.83. The molecule has 1 N–H and O–H groups in total. The lowest BCUT2D eigenvalue weighted by Crippen LogP contribution is -2.22. The van der Waals surface area contributed by atoms with Gasteiger partial charge < -0.3 is 10.0 Å². The Hall–Kier alpha value is -2.11. The third-order valence-corrected chi connectivity index (χ3v) is 4.49. The molecule has 106 valence electrons. The number of anilines is 1. The van der Waals surface area contributed by atoms with E-state index in [1.165, 1.54) is 37.5 Å². The number of benzene rings is 1. The maximum Gasteiger partial charge on any atom is 0.335 e. The average molecular weight is 276 g/mol. The Kier molecular flexibility index (Phi) is 3.08. The topological polar surface area (TPSA) is 83.7 Å². The fourth-order valence-corrected chi connectivity index (χ4v) is 3.50. The van der Waals surface area contributed by atoms with E-state index in [0.717, 1.165) is 13.1 Å². The van der Waals surface area contributed by atoms with Crippen LogP contribution in [0.1, 0.15) is 29.6 Å². The van der Waals surface area contributed by atoms with Crippen molar-refractivity contribution in [3.05, 3.63) is 33.9 Å². The molecule has 1 heterocycles. The van der Waals surface area contributed by atoms with Gasteiger partial charge in [0.2, 0.25) is 0 Å². The highest BCUT2D eigenvalue weighted by atomic mass is 16.6.